The number of hydrogen-bond acceptors (Lipinski definition) is 3. The first-order valence-corrected chi connectivity index (χ1v) is 4.17. The van der Waals surface area contributed by atoms with E-state index in [0.29, 0.717) is 13.2 Å². The molecule has 13 heavy (non-hydrogen) atoms. The van der Waals surface area contributed by atoms with Crippen molar-refractivity contribution in [2.24, 2.45) is 5.92 Å². The fourth-order valence-electron chi connectivity index (χ4n) is 1.25. The molecule has 1 amide bonds. The molecule has 1 fully saturated rings. The Kier molecular flexibility index (Phi) is 3.25. The van der Waals surface area contributed by atoms with Crippen LogP contribution in [0.15, 0.2) is 0 Å². The SMILES string of the molecule is CC(=O)N1CCOC[C@H](C(=O)O)C1. The highest BCUT2D eigenvalue weighted by molar-refractivity contribution is 5.75. The van der Waals surface area contributed by atoms with Gasteiger partial charge < -0.3 is 14.7 Å². The highest BCUT2D eigenvalue weighted by atomic mass is 16.5. The summed E-state index contributed by atoms with van der Waals surface area (Å²) in [4.78, 5) is 23.2. The van der Waals surface area contributed by atoms with E-state index in [-0.39, 0.29) is 19.1 Å². The summed E-state index contributed by atoms with van der Waals surface area (Å²) >= 11 is 0. The number of carboxylic acid groups (broad SMARTS) is 1. The maximum absolute atomic E-state index is 11.0. The molecule has 0 aliphatic carbocycles. The molecule has 0 aromatic heterocycles. The lowest BCUT2D eigenvalue weighted by molar-refractivity contribution is -0.144. The summed E-state index contributed by atoms with van der Waals surface area (Å²) in [5, 5.41) is 8.74. The zero-order valence-corrected chi connectivity index (χ0v) is 7.52. The van der Waals surface area contributed by atoms with Crippen LogP contribution >= 0.6 is 0 Å². The molecule has 1 atom stereocenters. The zero-order valence-electron chi connectivity index (χ0n) is 7.52. The quantitative estimate of drug-likeness (QED) is 0.604. The Bertz CT molecular complexity index is 194. The number of carbonyl (C=O) groups is 2. The van der Waals surface area contributed by atoms with Crippen molar-refractivity contribution in [1.82, 2.24) is 4.90 Å². The van der Waals surface area contributed by atoms with Crippen molar-refractivity contribution in [3.8, 4) is 0 Å². The van der Waals surface area contributed by atoms with E-state index in [4.69, 9.17) is 9.84 Å². The van der Waals surface area contributed by atoms with Crippen LogP contribution in [0.4, 0.5) is 0 Å². The van der Waals surface area contributed by atoms with E-state index in [9.17, 15) is 9.59 Å². The van der Waals surface area contributed by atoms with Crippen molar-refractivity contribution in [2.75, 3.05) is 26.3 Å². The third-order valence-electron chi connectivity index (χ3n) is 2.06. The summed E-state index contributed by atoms with van der Waals surface area (Å²) in [7, 11) is 0. The van der Waals surface area contributed by atoms with E-state index < -0.39 is 11.9 Å². The Morgan fingerprint density at radius 2 is 2.23 bits per heavy atom. The maximum Gasteiger partial charge on any atom is 0.310 e. The van der Waals surface area contributed by atoms with E-state index in [1.54, 1.807) is 0 Å². The fraction of sp³-hybridized carbons (Fsp3) is 0.750. The minimum Gasteiger partial charge on any atom is -0.481 e. The second-order valence-electron chi connectivity index (χ2n) is 3.08. The number of aliphatic carboxylic acids is 1. The lowest BCUT2D eigenvalue weighted by atomic mass is 10.1. The molecule has 0 unspecified atom stereocenters. The lowest BCUT2D eigenvalue weighted by Gasteiger charge is -2.19. The smallest absolute Gasteiger partial charge is 0.310 e. The molecular weight excluding hydrogens is 174 g/mol. The van der Waals surface area contributed by atoms with Gasteiger partial charge in [-0.25, -0.2) is 0 Å². The van der Waals surface area contributed by atoms with E-state index in [2.05, 4.69) is 0 Å². The highest BCUT2D eigenvalue weighted by Crippen LogP contribution is 2.07. The van der Waals surface area contributed by atoms with Crippen molar-refractivity contribution in [1.29, 1.82) is 0 Å². The second kappa shape index (κ2) is 4.23. The van der Waals surface area contributed by atoms with Crippen LogP contribution in [0.25, 0.3) is 0 Å². The van der Waals surface area contributed by atoms with Crippen molar-refractivity contribution < 1.29 is 19.4 Å². The first-order chi connectivity index (χ1) is 6.11. The first-order valence-electron chi connectivity index (χ1n) is 4.17. The molecule has 1 saturated heterocycles. The number of hydrogen-bond donors (Lipinski definition) is 1. The Balaban J connectivity index is 2.59. The van der Waals surface area contributed by atoms with Crippen molar-refractivity contribution in [2.45, 2.75) is 6.92 Å². The summed E-state index contributed by atoms with van der Waals surface area (Å²) in [6.45, 7) is 2.79. The topological polar surface area (TPSA) is 66.8 Å². The second-order valence-corrected chi connectivity index (χ2v) is 3.08. The van der Waals surface area contributed by atoms with Gasteiger partial charge in [-0.3, -0.25) is 9.59 Å². The van der Waals surface area contributed by atoms with Gasteiger partial charge >= 0.3 is 5.97 Å². The molecule has 74 valence electrons. The van der Waals surface area contributed by atoms with Crippen LogP contribution < -0.4 is 0 Å². The highest BCUT2D eigenvalue weighted by Gasteiger charge is 2.25. The van der Waals surface area contributed by atoms with Crippen LogP contribution in [0.2, 0.25) is 0 Å². The number of carbonyl (C=O) groups excluding carboxylic acids is 1. The summed E-state index contributed by atoms with van der Waals surface area (Å²) in [6, 6.07) is 0. The molecule has 0 bridgehead atoms. The largest absolute Gasteiger partial charge is 0.481 e. The number of ether oxygens (including phenoxy) is 1. The van der Waals surface area contributed by atoms with Crippen LogP contribution in [-0.4, -0.2) is 48.2 Å². The molecule has 5 heteroatoms. The minimum absolute atomic E-state index is 0.100. The van der Waals surface area contributed by atoms with Gasteiger partial charge in [0, 0.05) is 20.0 Å². The van der Waals surface area contributed by atoms with Gasteiger partial charge in [0.15, 0.2) is 0 Å². The zero-order chi connectivity index (χ0) is 9.84. The molecule has 1 N–H and O–H groups in total. The van der Waals surface area contributed by atoms with Crippen LogP contribution in [-0.2, 0) is 14.3 Å². The molecule has 0 spiro atoms. The first kappa shape index (κ1) is 9.98. The molecule has 5 nitrogen and oxygen atoms in total. The predicted octanol–water partition coefficient (Wildman–Crippen LogP) is -0.434. The van der Waals surface area contributed by atoms with Crippen LogP contribution in [0.5, 0.6) is 0 Å². The third-order valence-corrected chi connectivity index (χ3v) is 2.06. The molecule has 1 rings (SSSR count). The Morgan fingerprint density at radius 1 is 1.54 bits per heavy atom. The van der Waals surface area contributed by atoms with Crippen LogP contribution in [0, 0.1) is 5.92 Å². The third kappa shape index (κ3) is 2.69. The average Bonchev–Trinajstić information content (AvgIpc) is 2.28. The molecule has 0 radical (unpaired) electrons. The van der Waals surface area contributed by atoms with Gasteiger partial charge in [0.05, 0.1) is 19.1 Å². The molecular formula is C8H13NO4. The molecule has 1 aliphatic heterocycles. The normalized spacial score (nSPS) is 23.8. The van der Waals surface area contributed by atoms with Gasteiger partial charge in [0.25, 0.3) is 0 Å². The Morgan fingerprint density at radius 3 is 2.77 bits per heavy atom. The molecule has 0 aromatic rings. The van der Waals surface area contributed by atoms with E-state index in [1.807, 2.05) is 0 Å². The van der Waals surface area contributed by atoms with E-state index in [1.165, 1.54) is 11.8 Å². The summed E-state index contributed by atoms with van der Waals surface area (Å²) < 4.78 is 5.07. The molecule has 1 heterocycles. The maximum atomic E-state index is 11.0. The summed E-state index contributed by atoms with van der Waals surface area (Å²) in [5.74, 6) is -1.60. The van der Waals surface area contributed by atoms with Gasteiger partial charge in [0.1, 0.15) is 0 Å². The van der Waals surface area contributed by atoms with Crippen molar-refractivity contribution >= 4 is 11.9 Å². The number of carboxylic acids is 1. The Hall–Kier alpha value is -1.10. The summed E-state index contributed by atoms with van der Waals surface area (Å²) in [5.41, 5.74) is 0. The van der Waals surface area contributed by atoms with Gasteiger partial charge in [0.2, 0.25) is 5.91 Å². The lowest BCUT2D eigenvalue weighted by Crippen LogP contribution is -2.36. The molecule has 1 aliphatic rings. The van der Waals surface area contributed by atoms with E-state index in [0.717, 1.165) is 0 Å². The molecule has 0 saturated carbocycles. The van der Waals surface area contributed by atoms with E-state index >= 15 is 0 Å². The monoisotopic (exact) mass is 187 g/mol. The van der Waals surface area contributed by atoms with Gasteiger partial charge in [-0.15, -0.1) is 0 Å². The van der Waals surface area contributed by atoms with Gasteiger partial charge in [-0.1, -0.05) is 0 Å². The Labute approximate surface area is 76.3 Å². The minimum atomic E-state index is -0.909. The van der Waals surface area contributed by atoms with Crippen LogP contribution in [0.1, 0.15) is 6.92 Å². The van der Waals surface area contributed by atoms with Crippen molar-refractivity contribution in [3.05, 3.63) is 0 Å². The standard InChI is InChI=1S/C8H13NO4/c1-6(10)9-2-3-13-5-7(4-9)8(11)12/h7H,2-5H2,1H3,(H,11,12)/t7-/m1/s1. The predicted molar refractivity (Wildman–Crippen MR) is 44.2 cm³/mol. The number of nitrogens with zero attached hydrogens (tertiary/aromatic N) is 1. The average molecular weight is 187 g/mol. The van der Waals surface area contributed by atoms with Gasteiger partial charge in [-0.2, -0.15) is 0 Å². The van der Waals surface area contributed by atoms with Crippen molar-refractivity contribution in [3.63, 3.8) is 0 Å². The molecule has 0 aromatic carbocycles. The number of amides is 1. The number of rotatable bonds is 1. The van der Waals surface area contributed by atoms with Crippen LogP contribution in [0.3, 0.4) is 0 Å². The fourth-order valence-corrected chi connectivity index (χ4v) is 1.25. The summed E-state index contributed by atoms with van der Waals surface area (Å²) in [6.07, 6.45) is 0. The van der Waals surface area contributed by atoms with Gasteiger partial charge in [-0.05, 0) is 0 Å².